The Labute approximate surface area is 128 Å². The van der Waals surface area contributed by atoms with Crippen molar-refractivity contribution in [3.63, 3.8) is 0 Å². The summed E-state index contributed by atoms with van der Waals surface area (Å²) >= 11 is 5.74. The van der Waals surface area contributed by atoms with Gasteiger partial charge in [0.2, 0.25) is 5.88 Å². The van der Waals surface area contributed by atoms with Crippen molar-refractivity contribution in [2.75, 3.05) is 18.5 Å². The number of guanidine groups is 1. The number of hydrogen-bond acceptors (Lipinski definition) is 3. The van der Waals surface area contributed by atoms with Crippen molar-refractivity contribution in [2.24, 2.45) is 10.7 Å². The van der Waals surface area contributed by atoms with Crippen LogP contribution in [0.15, 0.2) is 47.6 Å². The Morgan fingerprint density at radius 2 is 2.24 bits per heavy atom. The molecule has 110 valence electrons. The lowest BCUT2D eigenvalue weighted by Crippen LogP contribution is -2.23. The molecule has 0 saturated carbocycles. The summed E-state index contributed by atoms with van der Waals surface area (Å²) in [5.41, 5.74) is 7.88. The first-order chi connectivity index (χ1) is 10.1. The van der Waals surface area contributed by atoms with Crippen LogP contribution in [0.3, 0.4) is 0 Å². The van der Waals surface area contributed by atoms with Crippen LogP contribution < -0.4 is 15.8 Å². The third kappa shape index (κ3) is 5.31. The van der Waals surface area contributed by atoms with E-state index in [-0.39, 0.29) is 0 Å². The summed E-state index contributed by atoms with van der Waals surface area (Å²) in [6.45, 7) is 2.85. The van der Waals surface area contributed by atoms with E-state index < -0.39 is 0 Å². The molecule has 21 heavy (non-hydrogen) atoms. The summed E-state index contributed by atoms with van der Waals surface area (Å²) in [6.07, 6.45) is 1.54. The topological polar surface area (TPSA) is 72.5 Å². The standard InChI is InChI=1S/C15H17ClN4O/c1-11-3-2-4-13(9-11)20-15(17)18-7-8-21-14-6-5-12(16)10-19-14/h2-6,9-10H,7-8H2,1H3,(H3,17,18,20). The monoisotopic (exact) mass is 304 g/mol. The lowest BCUT2D eigenvalue weighted by atomic mass is 10.2. The van der Waals surface area contributed by atoms with Gasteiger partial charge in [-0.25, -0.2) is 9.98 Å². The van der Waals surface area contributed by atoms with E-state index in [1.165, 1.54) is 6.20 Å². The van der Waals surface area contributed by atoms with Gasteiger partial charge in [0.05, 0.1) is 11.6 Å². The summed E-state index contributed by atoms with van der Waals surface area (Å²) in [7, 11) is 0. The van der Waals surface area contributed by atoms with Crippen molar-refractivity contribution in [1.29, 1.82) is 0 Å². The van der Waals surface area contributed by atoms with Crippen LogP contribution in [0.1, 0.15) is 5.56 Å². The molecule has 0 spiro atoms. The number of halogens is 1. The third-order valence-corrected chi connectivity index (χ3v) is 2.84. The minimum absolute atomic E-state index is 0.355. The molecule has 3 N–H and O–H groups in total. The number of hydrogen-bond donors (Lipinski definition) is 2. The van der Waals surface area contributed by atoms with E-state index in [4.69, 9.17) is 22.1 Å². The van der Waals surface area contributed by atoms with Gasteiger partial charge in [0.25, 0.3) is 0 Å². The first-order valence-electron chi connectivity index (χ1n) is 6.51. The van der Waals surface area contributed by atoms with Crippen molar-refractivity contribution < 1.29 is 4.74 Å². The molecule has 0 aliphatic heterocycles. The molecule has 0 amide bonds. The van der Waals surface area contributed by atoms with E-state index in [1.54, 1.807) is 12.1 Å². The molecule has 5 nitrogen and oxygen atoms in total. The van der Waals surface area contributed by atoms with Crippen LogP contribution in [0, 0.1) is 6.92 Å². The maximum absolute atomic E-state index is 5.81. The van der Waals surface area contributed by atoms with Crippen LogP contribution in [-0.2, 0) is 0 Å². The van der Waals surface area contributed by atoms with Crippen LogP contribution >= 0.6 is 11.6 Å². The number of nitrogens with zero attached hydrogens (tertiary/aromatic N) is 2. The fraction of sp³-hybridized carbons (Fsp3) is 0.200. The lowest BCUT2D eigenvalue weighted by Gasteiger charge is -2.07. The van der Waals surface area contributed by atoms with E-state index in [1.807, 2.05) is 31.2 Å². The molecule has 1 aromatic carbocycles. The molecule has 0 atom stereocenters. The zero-order valence-corrected chi connectivity index (χ0v) is 12.5. The van der Waals surface area contributed by atoms with E-state index in [2.05, 4.69) is 15.3 Å². The molecule has 2 aromatic rings. The number of nitrogens with one attached hydrogen (secondary N) is 1. The fourth-order valence-corrected chi connectivity index (χ4v) is 1.79. The van der Waals surface area contributed by atoms with E-state index in [0.717, 1.165) is 11.3 Å². The van der Waals surface area contributed by atoms with Gasteiger partial charge in [-0.2, -0.15) is 0 Å². The Kier molecular flexibility index (Phi) is 5.40. The van der Waals surface area contributed by atoms with E-state index in [0.29, 0.717) is 30.0 Å². The lowest BCUT2D eigenvalue weighted by molar-refractivity contribution is 0.316. The largest absolute Gasteiger partial charge is 0.476 e. The molecule has 1 aromatic heterocycles. The highest BCUT2D eigenvalue weighted by atomic mass is 35.5. The summed E-state index contributed by atoms with van der Waals surface area (Å²) in [5, 5.41) is 3.60. The van der Waals surface area contributed by atoms with Gasteiger partial charge in [-0.3, -0.25) is 0 Å². The zero-order valence-electron chi connectivity index (χ0n) is 11.7. The number of benzene rings is 1. The molecule has 0 aliphatic rings. The number of aliphatic imine (C=N–C) groups is 1. The quantitative estimate of drug-likeness (QED) is 0.506. The Hall–Kier alpha value is -2.27. The molecule has 0 unspecified atom stereocenters. The second-order valence-corrected chi connectivity index (χ2v) is 4.86. The van der Waals surface area contributed by atoms with Crippen molar-refractivity contribution >= 4 is 23.2 Å². The summed E-state index contributed by atoms with van der Waals surface area (Å²) in [5.74, 6) is 0.869. The molecule has 0 saturated heterocycles. The minimum Gasteiger partial charge on any atom is -0.476 e. The van der Waals surface area contributed by atoms with E-state index >= 15 is 0 Å². The maximum atomic E-state index is 5.81. The van der Waals surface area contributed by atoms with Gasteiger partial charge in [-0.15, -0.1) is 0 Å². The number of anilines is 1. The SMILES string of the molecule is Cc1cccc(NC(N)=NCCOc2ccc(Cl)cn2)c1. The van der Waals surface area contributed by atoms with Gasteiger partial charge in [0.1, 0.15) is 6.61 Å². The predicted octanol–water partition coefficient (Wildman–Crippen LogP) is 2.85. The molecule has 0 bridgehead atoms. The van der Waals surface area contributed by atoms with Crippen molar-refractivity contribution in [3.8, 4) is 5.88 Å². The third-order valence-electron chi connectivity index (χ3n) is 2.61. The summed E-state index contributed by atoms with van der Waals surface area (Å²) in [6, 6.07) is 11.3. The number of rotatable bonds is 5. The number of aryl methyl sites for hydroxylation is 1. The highest BCUT2D eigenvalue weighted by Gasteiger charge is 1.97. The molecule has 1 heterocycles. The highest BCUT2D eigenvalue weighted by molar-refractivity contribution is 6.30. The molecule has 0 fully saturated rings. The molecular weight excluding hydrogens is 288 g/mol. The molecule has 0 aliphatic carbocycles. The average Bonchev–Trinajstić information content (AvgIpc) is 2.45. The number of pyridine rings is 1. The summed E-state index contributed by atoms with van der Waals surface area (Å²) < 4.78 is 5.42. The smallest absolute Gasteiger partial charge is 0.213 e. The Morgan fingerprint density at radius 3 is 2.95 bits per heavy atom. The van der Waals surface area contributed by atoms with Crippen LogP contribution in [-0.4, -0.2) is 24.1 Å². The Morgan fingerprint density at radius 1 is 1.38 bits per heavy atom. The van der Waals surface area contributed by atoms with Gasteiger partial charge in [0, 0.05) is 18.0 Å². The first kappa shape index (κ1) is 15.1. The maximum Gasteiger partial charge on any atom is 0.213 e. The first-order valence-corrected chi connectivity index (χ1v) is 6.89. The molecule has 0 radical (unpaired) electrons. The van der Waals surface area contributed by atoms with Crippen molar-refractivity contribution in [2.45, 2.75) is 6.92 Å². The second kappa shape index (κ2) is 7.50. The van der Waals surface area contributed by atoms with Gasteiger partial charge >= 0.3 is 0 Å². The van der Waals surface area contributed by atoms with E-state index in [9.17, 15) is 0 Å². The Balaban J connectivity index is 1.77. The number of aromatic nitrogens is 1. The Bertz CT molecular complexity index is 613. The minimum atomic E-state index is 0.355. The number of nitrogens with two attached hydrogens (primary N) is 1. The van der Waals surface area contributed by atoms with Gasteiger partial charge in [0.15, 0.2) is 5.96 Å². The predicted molar refractivity (Wildman–Crippen MR) is 86.0 cm³/mol. The average molecular weight is 305 g/mol. The normalized spacial score (nSPS) is 11.2. The highest BCUT2D eigenvalue weighted by Crippen LogP contribution is 2.11. The van der Waals surface area contributed by atoms with Crippen molar-refractivity contribution in [3.05, 3.63) is 53.2 Å². The van der Waals surface area contributed by atoms with Gasteiger partial charge < -0.3 is 15.8 Å². The van der Waals surface area contributed by atoms with Crippen LogP contribution in [0.4, 0.5) is 5.69 Å². The fourth-order valence-electron chi connectivity index (χ4n) is 1.67. The molecular formula is C15H17ClN4O. The van der Waals surface area contributed by atoms with Gasteiger partial charge in [-0.05, 0) is 30.7 Å². The van der Waals surface area contributed by atoms with Crippen LogP contribution in [0.5, 0.6) is 5.88 Å². The summed E-state index contributed by atoms with van der Waals surface area (Å²) in [4.78, 5) is 8.21. The van der Waals surface area contributed by atoms with Crippen molar-refractivity contribution in [1.82, 2.24) is 4.98 Å². The zero-order chi connectivity index (χ0) is 15.1. The second-order valence-electron chi connectivity index (χ2n) is 4.42. The van der Waals surface area contributed by atoms with Crippen LogP contribution in [0.2, 0.25) is 5.02 Å². The number of ether oxygens (including phenoxy) is 1. The van der Waals surface area contributed by atoms with Crippen LogP contribution in [0.25, 0.3) is 0 Å². The molecule has 6 heteroatoms. The molecule has 2 rings (SSSR count). The van der Waals surface area contributed by atoms with Gasteiger partial charge in [-0.1, -0.05) is 23.7 Å².